The predicted octanol–water partition coefficient (Wildman–Crippen LogP) is 1.65. The summed E-state index contributed by atoms with van der Waals surface area (Å²) in [5.41, 5.74) is 1.95. The fourth-order valence-electron chi connectivity index (χ4n) is 0.911. The molecule has 1 aromatic rings. The molecule has 0 aliphatic heterocycles. The Bertz CT molecular complexity index is 263. The van der Waals surface area contributed by atoms with Crippen LogP contribution in [-0.4, -0.2) is 27.4 Å². The van der Waals surface area contributed by atoms with Gasteiger partial charge in [0, 0.05) is 24.8 Å². The minimum atomic E-state index is 0.257. The molecule has 78 valence electrons. The largest absolute Gasteiger partial charge is 0.396 e. The summed E-state index contributed by atoms with van der Waals surface area (Å²) in [7, 11) is 0. The molecule has 1 aromatic heterocycles. The average Bonchev–Trinajstić information content (AvgIpc) is 2.21. The smallest absolute Gasteiger partial charge is 0.0685 e. The molecule has 1 heterocycles. The van der Waals surface area contributed by atoms with Gasteiger partial charge in [-0.15, -0.1) is 0 Å². The monoisotopic (exact) mass is 212 g/mol. The first-order chi connectivity index (χ1) is 6.72. The van der Waals surface area contributed by atoms with Crippen LogP contribution < -0.4 is 0 Å². The summed E-state index contributed by atoms with van der Waals surface area (Å²) >= 11 is 1.78. The first-order valence-corrected chi connectivity index (χ1v) is 5.84. The van der Waals surface area contributed by atoms with Crippen molar-refractivity contribution in [1.29, 1.82) is 0 Å². The maximum absolute atomic E-state index is 8.83. The maximum Gasteiger partial charge on any atom is 0.0685 e. The Morgan fingerprint density at radius 1 is 1.43 bits per heavy atom. The van der Waals surface area contributed by atoms with Crippen molar-refractivity contribution in [3.63, 3.8) is 0 Å². The van der Waals surface area contributed by atoms with Crippen LogP contribution in [-0.2, 0) is 5.75 Å². The molecule has 0 fully saturated rings. The first kappa shape index (κ1) is 11.5. The second kappa shape index (κ2) is 5.98. The molecule has 4 heteroatoms. The summed E-state index contributed by atoms with van der Waals surface area (Å²) < 4.78 is 0. The third-order valence-electron chi connectivity index (χ3n) is 1.80. The van der Waals surface area contributed by atoms with E-state index in [9.17, 15) is 0 Å². The van der Waals surface area contributed by atoms with E-state index in [1.165, 1.54) is 0 Å². The molecule has 14 heavy (non-hydrogen) atoms. The molecule has 3 nitrogen and oxygen atoms in total. The Morgan fingerprint density at radius 2 is 2.21 bits per heavy atom. The van der Waals surface area contributed by atoms with Crippen LogP contribution in [0.25, 0.3) is 0 Å². The Labute approximate surface area is 89.0 Å². The van der Waals surface area contributed by atoms with Gasteiger partial charge in [0.2, 0.25) is 0 Å². The standard InChI is InChI=1S/C10H16N2OS/c1-8(5-13)6-14-7-10-4-11-9(2)3-12-10/h3-4,8,13H,5-7H2,1-2H3. The van der Waals surface area contributed by atoms with Gasteiger partial charge in [0.05, 0.1) is 11.4 Å². The summed E-state index contributed by atoms with van der Waals surface area (Å²) in [6.45, 7) is 4.22. The van der Waals surface area contributed by atoms with Gasteiger partial charge in [0.1, 0.15) is 0 Å². The molecule has 1 rings (SSSR count). The number of aryl methyl sites for hydroxylation is 1. The van der Waals surface area contributed by atoms with Gasteiger partial charge in [-0.1, -0.05) is 6.92 Å². The van der Waals surface area contributed by atoms with Crippen LogP contribution in [0, 0.1) is 12.8 Å². The molecule has 0 amide bonds. The highest BCUT2D eigenvalue weighted by molar-refractivity contribution is 7.98. The average molecular weight is 212 g/mol. The Morgan fingerprint density at radius 3 is 2.79 bits per heavy atom. The number of thioether (sulfide) groups is 1. The van der Waals surface area contributed by atoms with E-state index in [2.05, 4.69) is 9.97 Å². The molecule has 0 aromatic carbocycles. The molecule has 0 spiro atoms. The van der Waals surface area contributed by atoms with E-state index in [1.807, 2.05) is 20.0 Å². The summed E-state index contributed by atoms with van der Waals surface area (Å²) in [4.78, 5) is 8.43. The third-order valence-corrected chi connectivity index (χ3v) is 3.10. The molecule has 0 saturated carbocycles. The lowest BCUT2D eigenvalue weighted by Gasteiger charge is -2.06. The highest BCUT2D eigenvalue weighted by atomic mass is 32.2. The predicted molar refractivity (Wildman–Crippen MR) is 59.2 cm³/mol. The number of aliphatic hydroxyl groups excluding tert-OH is 1. The zero-order chi connectivity index (χ0) is 10.4. The number of hydrogen-bond donors (Lipinski definition) is 1. The van der Waals surface area contributed by atoms with Crippen molar-refractivity contribution in [3.05, 3.63) is 23.8 Å². The van der Waals surface area contributed by atoms with E-state index in [0.29, 0.717) is 5.92 Å². The van der Waals surface area contributed by atoms with Crippen molar-refractivity contribution in [1.82, 2.24) is 9.97 Å². The number of hydrogen-bond acceptors (Lipinski definition) is 4. The molecule has 1 N–H and O–H groups in total. The van der Waals surface area contributed by atoms with Crippen LogP contribution in [0.3, 0.4) is 0 Å². The quantitative estimate of drug-likeness (QED) is 0.806. The molecule has 0 aliphatic carbocycles. The van der Waals surface area contributed by atoms with Gasteiger partial charge in [0.25, 0.3) is 0 Å². The van der Waals surface area contributed by atoms with E-state index in [0.717, 1.165) is 22.9 Å². The normalized spacial score (nSPS) is 12.8. The lowest BCUT2D eigenvalue weighted by Crippen LogP contribution is -2.03. The minimum absolute atomic E-state index is 0.257. The van der Waals surface area contributed by atoms with Crippen LogP contribution in [0.5, 0.6) is 0 Å². The zero-order valence-electron chi connectivity index (χ0n) is 8.60. The van der Waals surface area contributed by atoms with Crippen LogP contribution in [0.4, 0.5) is 0 Å². The van der Waals surface area contributed by atoms with Gasteiger partial charge >= 0.3 is 0 Å². The van der Waals surface area contributed by atoms with E-state index < -0.39 is 0 Å². The van der Waals surface area contributed by atoms with Crippen LogP contribution in [0.2, 0.25) is 0 Å². The number of nitrogens with zero attached hydrogens (tertiary/aromatic N) is 2. The Balaban J connectivity index is 2.28. The minimum Gasteiger partial charge on any atom is -0.396 e. The van der Waals surface area contributed by atoms with Gasteiger partial charge in [-0.25, -0.2) is 0 Å². The molecule has 0 saturated heterocycles. The van der Waals surface area contributed by atoms with Gasteiger partial charge in [-0.05, 0) is 18.6 Å². The fourth-order valence-corrected chi connectivity index (χ4v) is 1.90. The van der Waals surface area contributed by atoms with Crippen LogP contribution in [0.1, 0.15) is 18.3 Å². The van der Waals surface area contributed by atoms with Crippen molar-refractivity contribution < 1.29 is 5.11 Å². The second-order valence-corrected chi connectivity index (χ2v) is 4.48. The Kier molecular flexibility index (Phi) is 4.90. The topological polar surface area (TPSA) is 46.0 Å². The summed E-state index contributed by atoms with van der Waals surface area (Å²) in [5, 5.41) is 8.83. The fraction of sp³-hybridized carbons (Fsp3) is 0.600. The number of aliphatic hydroxyl groups is 1. The van der Waals surface area contributed by atoms with E-state index >= 15 is 0 Å². The SMILES string of the molecule is Cc1cnc(CSCC(C)CO)cn1. The van der Waals surface area contributed by atoms with Gasteiger partial charge in [0.15, 0.2) is 0 Å². The molecule has 0 radical (unpaired) electrons. The summed E-state index contributed by atoms with van der Waals surface area (Å²) in [5.74, 6) is 2.20. The maximum atomic E-state index is 8.83. The molecule has 0 bridgehead atoms. The van der Waals surface area contributed by atoms with Crippen LogP contribution >= 0.6 is 11.8 Å². The molecular formula is C10H16N2OS. The zero-order valence-corrected chi connectivity index (χ0v) is 9.42. The van der Waals surface area contributed by atoms with Crippen LogP contribution in [0.15, 0.2) is 12.4 Å². The highest BCUT2D eigenvalue weighted by Gasteiger charge is 2.01. The Hall–Kier alpha value is -0.610. The lowest BCUT2D eigenvalue weighted by atomic mass is 10.2. The first-order valence-electron chi connectivity index (χ1n) is 4.68. The molecule has 1 unspecified atom stereocenters. The van der Waals surface area contributed by atoms with E-state index in [1.54, 1.807) is 18.0 Å². The van der Waals surface area contributed by atoms with Gasteiger partial charge in [-0.3, -0.25) is 9.97 Å². The molecule has 1 atom stereocenters. The second-order valence-electron chi connectivity index (χ2n) is 3.45. The number of aromatic nitrogens is 2. The van der Waals surface area contributed by atoms with Crippen molar-refractivity contribution in [3.8, 4) is 0 Å². The van der Waals surface area contributed by atoms with E-state index in [-0.39, 0.29) is 6.61 Å². The van der Waals surface area contributed by atoms with E-state index in [4.69, 9.17) is 5.11 Å². The number of rotatable bonds is 5. The highest BCUT2D eigenvalue weighted by Crippen LogP contribution is 2.13. The van der Waals surface area contributed by atoms with Crippen molar-refractivity contribution in [2.45, 2.75) is 19.6 Å². The summed E-state index contributed by atoms with van der Waals surface area (Å²) in [6.07, 6.45) is 3.59. The molecular weight excluding hydrogens is 196 g/mol. The molecule has 0 aliphatic rings. The summed E-state index contributed by atoms with van der Waals surface area (Å²) in [6, 6.07) is 0. The van der Waals surface area contributed by atoms with Gasteiger partial charge < -0.3 is 5.11 Å². The van der Waals surface area contributed by atoms with Crippen molar-refractivity contribution >= 4 is 11.8 Å². The van der Waals surface area contributed by atoms with Crippen molar-refractivity contribution in [2.24, 2.45) is 5.92 Å². The third kappa shape index (κ3) is 4.07. The lowest BCUT2D eigenvalue weighted by molar-refractivity contribution is 0.250. The van der Waals surface area contributed by atoms with Crippen molar-refractivity contribution in [2.75, 3.05) is 12.4 Å². The van der Waals surface area contributed by atoms with Gasteiger partial charge in [-0.2, -0.15) is 11.8 Å².